The molecule has 2 N–H and O–H groups in total. The van der Waals surface area contributed by atoms with E-state index in [0.717, 1.165) is 5.56 Å². The van der Waals surface area contributed by atoms with E-state index in [1.54, 1.807) is 48.3 Å². The molecule has 1 aliphatic carbocycles. The minimum Gasteiger partial charge on any atom is -0.481 e. The predicted octanol–water partition coefficient (Wildman–Crippen LogP) is 1.79. The van der Waals surface area contributed by atoms with Crippen molar-refractivity contribution in [3.05, 3.63) is 47.8 Å². The highest BCUT2D eigenvalue weighted by atomic mass is 16.4. The van der Waals surface area contributed by atoms with Crippen LogP contribution in [0.2, 0.25) is 0 Å². The highest BCUT2D eigenvalue weighted by molar-refractivity contribution is 6.02. The standard InChI is InChI=1S/C15H15N3O3/c1-18-9-6-12(17-18)13(19)16-11-4-2-10(3-5-11)15(7-8-15)14(20)21/h2-6,9H,7-8H2,1H3,(H,16,19)(H,20,21). The lowest BCUT2D eigenvalue weighted by atomic mass is 9.96. The Balaban J connectivity index is 1.73. The molecule has 0 saturated heterocycles. The lowest BCUT2D eigenvalue weighted by Crippen LogP contribution is -2.19. The zero-order valence-electron chi connectivity index (χ0n) is 11.5. The van der Waals surface area contributed by atoms with Gasteiger partial charge in [0.1, 0.15) is 0 Å². The molecule has 2 aromatic rings. The Hall–Kier alpha value is -2.63. The van der Waals surface area contributed by atoms with Crippen molar-refractivity contribution in [1.82, 2.24) is 9.78 Å². The van der Waals surface area contributed by atoms with Crippen LogP contribution in [0.25, 0.3) is 0 Å². The molecule has 0 unspecified atom stereocenters. The maximum Gasteiger partial charge on any atom is 0.314 e. The number of carboxylic acid groups (broad SMARTS) is 1. The molecular formula is C15H15N3O3. The van der Waals surface area contributed by atoms with Crippen molar-refractivity contribution in [2.75, 3.05) is 5.32 Å². The molecule has 0 spiro atoms. The third-order valence-electron chi connectivity index (χ3n) is 3.80. The summed E-state index contributed by atoms with van der Waals surface area (Å²) in [6.45, 7) is 0. The molecule has 1 aromatic carbocycles. The van der Waals surface area contributed by atoms with E-state index in [2.05, 4.69) is 10.4 Å². The number of nitrogens with zero attached hydrogens (tertiary/aromatic N) is 2. The van der Waals surface area contributed by atoms with Gasteiger partial charge in [-0.2, -0.15) is 5.10 Å². The quantitative estimate of drug-likeness (QED) is 0.897. The second-order valence-corrected chi connectivity index (χ2v) is 5.29. The Morgan fingerprint density at radius 1 is 1.24 bits per heavy atom. The Morgan fingerprint density at radius 3 is 2.38 bits per heavy atom. The summed E-state index contributed by atoms with van der Waals surface area (Å²) in [6.07, 6.45) is 3.03. The lowest BCUT2D eigenvalue weighted by Gasteiger charge is -2.11. The number of amides is 1. The van der Waals surface area contributed by atoms with Crippen LogP contribution in [0.4, 0.5) is 5.69 Å². The average Bonchev–Trinajstić information content (AvgIpc) is 3.16. The minimum atomic E-state index is -0.784. The van der Waals surface area contributed by atoms with Crippen LogP contribution in [-0.2, 0) is 17.3 Å². The highest BCUT2D eigenvalue weighted by Crippen LogP contribution is 2.48. The molecule has 0 atom stereocenters. The summed E-state index contributed by atoms with van der Waals surface area (Å²) >= 11 is 0. The molecule has 0 aliphatic heterocycles. The zero-order valence-corrected chi connectivity index (χ0v) is 11.5. The van der Waals surface area contributed by atoms with Crippen LogP contribution >= 0.6 is 0 Å². The fourth-order valence-corrected chi connectivity index (χ4v) is 2.35. The maximum absolute atomic E-state index is 11.9. The Morgan fingerprint density at radius 2 is 1.90 bits per heavy atom. The first-order valence-electron chi connectivity index (χ1n) is 6.66. The molecule has 1 saturated carbocycles. The van der Waals surface area contributed by atoms with Gasteiger partial charge >= 0.3 is 5.97 Å². The van der Waals surface area contributed by atoms with Crippen molar-refractivity contribution in [2.24, 2.45) is 7.05 Å². The van der Waals surface area contributed by atoms with E-state index in [1.165, 1.54) is 0 Å². The topological polar surface area (TPSA) is 84.2 Å². The zero-order chi connectivity index (χ0) is 15.0. The number of carbonyl (C=O) groups excluding carboxylic acids is 1. The fourth-order valence-electron chi connectivity index (χ4n) is 2.35. The number of anilines is 1. The number of aromatic nitrogens is 2. The minimum absolute atomic E-state index is 0.289. The van der Waals surface area contributed by atoms with Gasteiger partial charge in [-0.25, -0.2) is 0 Å². The van der Waals surface area contributed by atoms with Crippen molar-refractivity contribution in [2.45, 2.75) is 18.3 Å². The number of nitrogens with one attached hydrogen (secondary N) is 1. The van der Waals surface area contributed by atoms with Crippen LogP contribution in [-0.4, -0.2) is 26.8 Å². The number of carboxylic acids is 1. The van der Waals surface area contributed by atoms with Crippen LogP contribution in [0.1, 0.15) is 28.9 Å². The van der Waals surface area contributed by atoms with E-state index in [4.69, 9.17) is 0 Å². The number of carbonyl (C=O) groups is 2. The van der Waals surface area contributed by atoms with E-state index in [1.807, 2.05) is 0 Å². The van der Waals surface area contributed by atoms with Gasteiger partial charge in [0.15, 0.2) is 5.69 Å². The molecule has 0 bridgehead atoms. The van der Waals surface area contributed by atoms with E-state index in [-0.39, 0.29) is 5.91 Å². The molecule has 6 nitrogen and oxygen atoms in total. The molecule has 21 heavy (non-hydrogen) atoms. The first-order valence-corrected chi connectivity index (χ1v) is 6.66. The third kappa shape index (κ3) is 2.40. The van der Waals surface area contributed by atoms with Crippen LogP contribution in [0, 0.1) is 0 Å². The van der Waals surface area contributed by atoms with Gasteiger partial charge in [-0.3, -0.25) is 14.3 Å². The van der Waals surface area contributed by atoms with Crippen molar-refractivity contribution < 1.29 is 14.7 Å². The molecule has 3 rings (SSSR count). The van der Waals surface area contributed by atoms with Gasteiger partial charge in [0.25, 0.3) is 5.91 Å². The largest absolute Gasteiger partial charge is 0.481 e. The molecular weight excluding hydrogens is 270 g/mol. The van der Waals surface area contributed by atoms with E-state index < -0.39 is 11.4 Å². The molecule has 1 aliphatic rings. The summed E-state index contributed by atoms with van der Waals surface area (Å²) in [7, 11) is 1.74. The maximum atomic E-state index is 11.9. The second-order valence-electron chi connectivity index (χ2n) is 5.29. The summed E-state index contributed by atoms with van der Waals surface area (Å²) in [6, 6.07) is 8.59. The summed E-state index contributed by atoms with van der Waals surface area (Å²) in [5, 5.41) is 16.0. The number of hydrogen-bond acceptors (Lipinski definition) is 3. The first kappa shape index (κ1) is 13.4. The third-order valence-corrected chi connectivity index (χ3v) is 3.80. The number of aryl methyl sites for hydroxylation is 1. The number of benzene rings is 1. The normalized spacial score (nSPS) is 15.5. The fraction of sp³-hybridized carbons (Fsp3) is 0.267. The number of hydrogen-bond donors (Lipinski definition) is 2. The highest BCUT2D eigenvalue weighted by Gasteiger charge is 2.51. The van der Waals surface area contributed by atoms with Gasteiger partial charge in [-0.05, 0) is 36.6 Å². The molecule has 0 radical (unpaired) electrons. The summed E-state index contributed by atoms with van der Waals surface area (Å²) < 4.78 is 1.56. The van der Waals surface area contributed by atoms with Crippen molar-refractivity contribution >= 4 is 17.6 Å². The molecule has 6 heteroatoms. The average molecular weight is 285 g/mol. The van der Waals surface area contributed by atoms with E-state index >= 15 is 0 Å². The lowest BCUT2D eigenvalue weighted by molar-refractivity contribution is -0.140. The Labute approximate surface area is 121 Å². The predicted molar refractivity (Wildman–Crippen MR) is 76.2 cm³/mol. The van der Waals surface area contributed by atoms with Crippen LogP contribution in [0.15, 0.2) is 36.5 Å². The monoisotopic (exact) mass is 285 g/mol. The molecule has 1 fully saturated rings. The first-order chi connectivity index (χ1) is 10.0. The Bertz CT molecular complexity index is 699. The molecule has 1 aromatic heterocycles. The molecule has 1 amide bonds. The summed E-state index contributed by atoms with van der Waals surface area (Å²) in [5.41, 5.74) is 1.02. The molecule has 108 valence electrons. The number of rotatable bonds is 4. The summed E-state index contributed by atoms with van der Waals surface area (Å²) in [5.74, 6) is -1.07. The van der Waals surface area contributed by atoms with Gasteiger partial charge in [0.05, 0.1) is 5.41 Å². The van der Waals surface area contributed by atoms with Crippen molar-refractivity contribution in [1.29, 1.82) is 0 Å². The Kier molecular flexibility index (Phi) is 3.01. The van der Waals surface area contributed by atoms with E-state index in [0.29, 0.717) is 24.2 Å². The second kappa shape index (κ2) is 4.73. The molecule has 1 heterocycles. The van der Waals surface area contributed by atoms with E-state index in [9.17, 15) is 14.7 Å². The van der Waals surface area contributed by atoms with Crippen LogP contribution in [0.3, 0.4) is 0 Å². The van der Waals surface area contributed by atoms with Crippen LogP contribution < -0.4 is 5.32 Å². The van der Waals surface area contributed by atoms with Gasteiger partial charge < -0.3 is 10.4 Å². The smallest absolute Gasteiger partial charge is 0.314 e. The number of aliphatic carboxylic acids is 1. The van der Waals surface area contributed by atoms with Crippen molar-refractivity contribution in [3.63, 3.8) is 0 Å². The van der Waals surface area contributed by atoms with Crippen LogP contribution in [0.5, 0.6) is 0 Å². The SMILES string of the molecule is Cn1ccc(C(=O)Nc2ccc(C3(C(=O)O)CC3)cc2)n1. The summed E-state index contributed by atoms with van der Waals surface area (Å²) in [4.78, 5) is 23.2. The van der Waals surface area contributed by atoms with Gasteiger partial charge in [-0.1, -0.05) is 12.1 Å². The van der Waals surface area contributed by atoms with Gasteiger partial charge in [0, 0.05) is 18.9 Å². The van der Waals surface area contributed by atoms with Gasteiger partial charge in [0.2, 0.25) is 0 Å². The van der Waals surface area contributed by atoms with Crippen molar-refractivity contribution in [3.8, 4) is 0 Å². The van der Waals surface area contributed by atoms with Gasteiger partial charge in [-0.15, -0.1) is 0 Å².